The molecule has 0 N–H and O–H groups in total. The van der Waals surface area contributed by atoms with Crippen molar-refractivity contribution in [1.82, 2.24) is 9.78 Å². The van der Waals surface area contributed by atoms with E-state index in [9.17, 15) is 5.53 Å². The molecule has 0 aliphatic heterocycles. The molecule has 10 heteroatoms. The number of azide groups is 1. The minimum absolute atomic E-state index is 0.0493. The topological polar surface area (TPSA) is 113 Å². The Bertz CT molecular complexity index is 1900. The van der Waals surface area contributed by atoms with E-state index in [1.807, 2.05) is 129 Å². The predicted octanol–water partition coefficient (Wildman–Crippen LogP) is 8.69. The lowest BCUT2D eigenvalue weighted by molar-refractivity contribution is -0.0343. The first kappa shape index (κ1) is 34.6. The monoisotopic (exact) mass is 681 g/mol. The second kappa shape index (κ2) is 16.5. The average molecular weight is 682 g/mol. The second-order valence-electron chi connectivity index (χ2n) is 11.8. The zero-order valence-electron chi connectivity index (χ0n) is 28.7. The van der Waals surface area contributed by atoms with Crippen molar-refractivity contribution in [3.63, 3.8) is 0 Å². The molecule has 0 saturated carbocycles. The highest BCUT2D eigenvalue weighted by Crippen LogP contribution is 2.41. The number of rotatable bonds is 16. The van der Waals surface area contributed by atoms with Crippen LogP contribution in [0.4, 0.5) is 0 Å². The smallest absolute Gasteiger partial charge is 0.164 e. The van der Waals surface area contributed by atoms with Gasteiger partial charge in [0.05, 0.1) is 27.0 Å². The van der Waals surface area contributed by atoms with Crippen molar-refractivity contribution in [2.45, 2.75) is 23.9 Å². The van der Waals surface area contributed by atoms with E-state index in [4.69, 9.17) is 23.7 Å². The average Bonchev–Trinajstić information content (AvgIpc) is 3.63. The summed E-state index contributed by atoms with van der Waals surface area (Å²) >= 11 is 0. The van der Waals surface area contributed by atoms with Gasteiger partial charge < -0.3 is 23.7 Å². The largest absolute Gasteiger partial charge is 0.497 e. The quantitative estimate of drug-likeness (QED) is 0.0437. The highest BCUT2D eigenvalue weighted by Gasteiger charge is 2.41. The highest BCUT2D eigenvalue weighted by molar-refractivity contribution is 5.47. The van der Waals surface area contributed by atoms with Gasteiger partial charge in [0, 0.05) is 23.7 Å². The van der Waals surface area contributed by atoms with E-state index in [1.165, 1.54) is 0 Å². The highest BCUT2D eigenvalue weighted by atomic mass is 16.5. The maximum Gasteiger partial charge on any atom is 0.164 e. The van der Waals surface area contributed by atoms with Crippen LogP contribution in [0, 0.1) is 0 Å². The van der Waals surface area contributed by atoms with Crippen LogP contribution in [-0.2, 0) is 17.4 Å². The first-order chi connectivity index (χ1) is 25.0. The number of hydrogen-bond acceptors (Lipinski definition) is 7. The predicted molar refractivity (Wildman–Crippen MR) is 195 cm³/mol. The summed E-state index contributed by atoms with van der Waals surface area (Å²) < 4.78 is 33.1. The Morgan fingerprint density at radius 1 is 0.667 bits per heavy atom. The van der Waals surface area contributed by atoms with E-state index < -0.39 is 23.9 Å². The van der Waals surface area contributed by atoms with E-state index in [1.54, 1.807) is 49.4 Å². The van der Waals surface area contributed by atoms with Crippen LogP contribution in [0.2, 0.25) is 0 Å². The lowest BCUT2D eigenvalue weighted by atomic mass is 9.80. The maximum absolute atomic E-state index is 10.1. The summed E-state index contributed by atoms with van der Waals surface area (Å²) in [5.74, 6) is 2.43. The molecule has 0 spiro atoms. The molecule has 5 aromatic carbocycles. The summed E-state index contributed by atoms with van der Waals surface area (Å²) in [5, 5.41) is 8.78. The van der Waals surface area contributed by atoms with E-state index in [2.05, 4.69) is 15.1 Å². The number of aromatic nitrogens is 2. The Balaban J connectivity index is 1.47. The van der Waals surface area contributed by atoms with Crippen LogP contribution < -0.4 is 18.9 Å². The number of benzene rings is 5. The van der Waals surface area contributed by atoms with Crippen LogP contribution in [0.3, 0.4) is 0 Å². The number of hydrogen-bond donors (Lipinski definition) is 0. The summed E-state index contributed by atoms with van der Waals surface area (Å²) in [6.45, 7) is -0.0493. The molecule has 0 radical (unpaired) electrons. The van der Waals surface area contributed by atoms with Gasteiger partial charge in [-0.15, -0.1) is 0 Å². The van der Waals surface area contributed by atoms with Crippen molar-refractivity contribution in [3.8, 4) is 23.0 Å². The fourth-order valence-corrected chi connectivity index (χ4v) is 6.11. The van der Waals surface area contributed by atoms with Crippen LogP contribution in [0.15, 0.2) is 157 Å². The molecule has 0 aliphatic rings. The Morgan fingerprint density at radius 2 is 1.12 bits per heavy atom. The molecular formula is C41H39N5O5. The van der Waals surface area contributed by atoms with Crippen molar-refractivity contribution in [2.24, 2.45) is 12.2 Å². The van der Waals surface area contributed by atoms with Gasteiger partial charge in [-0.05, 0) is 70.8 Å². The number of nitrogens with zero attached hydrogens (tertiary/aromatic N) is 5. The van der Waals surface area contributed by atoms with Gasteiger partial charge in [0.25, 0.3) is 0 Å². The third-order valence-electron chi connectivity index (χ3n) is 8.60. The van der Waals surface area contributed by atoms with Crippen LogP contribution in [-0.4, -0.2) is 42.8 Å². The Labute approximate surface area is 297 Å². The van der Waals surface area contributed by atoms with Crippen molar-refractivity contribution in [1.29, 1.82) is 0 Å². The van der Waals surface area contributed by atoms with Crippen LogP contribution in [0.1, 0.15) is 28.4 Å². The van der Waals surface area contributed by atoms with Gasteiger partial charge in [0.15, 0.2) is 12.2 Å². The van der Waals surface area contributed by atoms with Crippen molar-refractivity contribution < 1.29 is 23.7 Å². The molecule has 0 amide bonds. The molecule has 6 aromatic rings. The number of ether oxygens (including phenoxy) is 5. The molecule has 51 heavy (non-hydrogen) atoms. The van der Waals surface area contributed by atoms with E-state index in [0.717, 1.165) is 16.7 Å². The van der Waals surface area contributed by atoms with Gasteiger partial charge in [0.2, 0.25) is 0 Å². The molecule has 6 rings (SSSR count). The van der Waals surface area contributed by atoms with Crippen LogP contribution in [0.25, 0.3) is 10.4 Å². The van der Waals surface area contributed by atoms with Gasteiger partial charge in [-0.3, -0.25) is 4.68 Å². The van der Waals surface area contributed by atoms with Gasteiger partial charge in [0.1, 0.15) is 34.6 Å². The fourth-order valence-electron chi connectivity index (χ4n) is 6.11. The molecule has 1 aromatic heterocycles. The molecule has 10 nitrogen and oxygen atoms in total. The van der Waals surface area contributed by atoms with E-state index in [0.29, 0.717) is 28.6 Å². The summed E-state index contributed by atoms with van der Waals surface area (Å²) in [7, 11) is 5.04. The van der Waals surface area contributed by atoms with Crippen molar-refractivity contribution >= 4 is 0 Å². The van der Waals surface area contributed by atoms with E-state index >= 15 is 0 Å². The molecule has 0 fully saturated rings. The molecule has 258 valence electrons. The Kier molecular flexibility index (Phi) is 11.2. The molecular weight excluding hydrogens is 642 g/mol. The maximum atomic E-state index is 10.1. The molecule has 0 aliphatic carbocycles. The summed E-state index contributed by atoms with van der Waals surface area (Å²) in [6.07, 6.45) is 1.87. The molecule has 0 saturated heterocycles. The number of aryl methyl sites for hydroxylation is 1. The first-order valence-corrected chi connectivity index (χ1v) is 16.5. The van der Waals surface area contributed by atoms with Gasteiger partial charge >= 0.3 is 0 Å². The Hall–Kier alpha value is -6.22. The normalized spacial score (nSPS) is 12.9. The lowest BCUT2D eigenvalue weighted by Gasteiger charge is -2.38. The Morgan fingerprint density at radius 3 is 1.53 bits per heavy atom. The molecule has 3 atom stereocenters. The standard InChI is InChI=1S/C41H39N5O5/c1-46-28-30(27-43-46)39(50-36-23-19-34(47-2)20-24-36)40(51-37-25-21-35(48-3)22-26-37)38(44-45-42)29-49-41(31-13-7-4-8-14-31,32-15-9-5-10-16-32)33-17-11-6-12-18-33/h4-28,38-40H,29H2,1-3H3/t38-,39+,40-/m0/s1. The zero-order valence-corrected chi connectivity index (χ0v) is 28.7. The molecule has 0 unspecified atom stereocenters. The SMILES string of the molecule is COc1ccc(O[C@@H]([C@H](COC(c2ccccc2)(c2ccccc2)c2ccccc2)N=[N+]=[N-])[C@H](Oc2ccc(OC)cc2)c2cnn(C)c2)cc1. The second-order valence-corrected chi connectivity index (χ2v) is 11.8. The minimum atomic E-state index is -1.07. The first-order valence-electron chi connectivity index (χ1n) is 16.5. The van der Waals surface area contributed by atoms with Gasteiger partial charge in [-0.1, -0.05) is 96.1 Å². The van der Waals surface area contributed by atoms with Crippen molar-refractivity contribution in [2.75, 3.05) is 20.8 Å². The minimum Gasteiger partial charge on any atom is -0.497 e. The fraction of sp³-hybridized carbons (Fsp3) is 0.195. The molecule has 1 heterocycles. The van der Waals surface area contributed by atoms with Crippen LogP contribution in [0.5, 0.6) is 23.0 Å². The summed E-state index contributed by atoms with van der Waals surface area (Å²) in [5.41, 5.74) is 12.4. The van der Waals surface area contributed by atoms with Gasteiger partial charge in [-0.2, -0.15) is 5.10 Å². The zero-order chi connectivity index (χ0) is 35.5. The summed E-state index contributed by atoms with van der Waals surface area (Å²) in [6, 6.07) is 43.7. The lowest BCUT2D eigenvalue weighted by Crippen LogP contribution is -2.44. The van der Waals surface area contributed by atoms with Gasteiger partial charge in [-0.25, -0.2) is 0 Å². The number of methoxy groups -OCH3 is 2. The molecule has 0 bridgehead atoms. The van der Waals surface area contributed by atoms with Crippen molar-refractivity contribution in [3.05, 3.63) is 185 Å². The third-order valence-corrected chi connectivity index (χ3v) is 8.60. The summed E-state index contributed by atoms with van der Waals surface area (Å²) in [4.78, 5) is 3.31. The third kappa shape index (κ3) is 7.99. The van der Waals surface area contributed by atoms with E-state index in [-0.39, 0.29) is 6.61 Å². The van der Waals surface area contributed by atoms with Crippen LogP contribution >= 0.6 is 0 Å².